The Kier molecular flexibility index (Phi) is 4.74. The van der Waals surface area contributed by atoms with E-state index in [9.17, 15) is 5.11 Å². The maximum Gasteiger partial charge on any atom is 0.232 e. The van der Waals surface area contributed by atoms with E-state index >= 15 is 0 Å². The highest BCUT2D eigenvalue weighted by atomic mass is 16.5. The van der Waals surface area contributed by atoms with E-state index in [0.29, 0.717) is 18.3 Å². The molecule has 0 aliphatic heterocycles. The Balaban J connectivity index is 2.33. The molecule has 0 saturated heterocycles. The number of aliphatic hydroxyl groups is 1. The summed E-state index contributed by atoms with van der Waals surface area (Å²) < 4.78 is 10.9. The monoisotopic (exact) mass is 276 g/mol. The van der Waals surface area contributed by atoms with Gasteiger partial charge in [0.05, 0.1) is 24.2 Å². The zero-order valence-electron chi connectivity index (χ0n) is 12.0. The molecule has 20 heavy (non-hydrogen) atoms. The Morgan fingerprint density at radius 1 is 1.30 bits per heavy atom. The molecule has 5 heteroatoms. The van der Waals surface area contributed by atoms with E-state index in [1.807, 2.05) is 38.1 Å². The molecule has 1 aromatic heterocycles. The minimum Gasteiger partial charge on any atom is -0.493 e. The highest BCUT2D eigenvalue weighted by Gasteiger charge is 2.23. The molecule has 2 aromatic rings. The topological polar surface area (TPSA) is 68.4 Å². The molecule has 2 atom stereocenters. The van der Waals surface area contributed by atoms with Crippen LogP contribution < -0.4 is 4.74 Å². The molecule has 108 valence electrons. The third-order valence-electron chi connectivity index (χ3n) is 3.21. The van der Waals surface area contributed by atoms with Crippen LogP contribution in [0.2, 0.25) is 0 Å². The van der Waals surface area contributed by atoms with Crippen LogP contribution in [0.5, 0.6) is 5.75 Å². The summed E-state index contributed by atoms with van der Waals surface area (Å²) >= 11 is 0. The van der Waals surface area contributed by atoms with Crippen LogP contribution in [0.1, 0.15) is 39.0 Å². The Labute approximate surface area is 118 Å². The predicted octanol–water partition coefficient (Wildman–Crippen LogP) is 3.01. The molecule has 0 amide bonds. The molecule has 5 nitrogen and oxygen atoms in total. The molecule has 0 radical (unpaired) electrons. The molecule has 2 rings (SSSR count). The first kappa shape index (κ1) is 14.5. The zero-order chi connectivity index (χ0) is 14.5. The summed E-state index contributed by atoms with van der Waals surface area (Å²) in [5, 5.41) is 13.7. The molecule has 1 heterocycles. The van der Waals surface area contributed by atoms with Crippen molar-refractivity contribution in [2.75, 3.05) is 6.61 Å². The Morgan fingerprint density at radius 2 is 2.05 bits per heavy atom. The Morgan fingerprint density at radius 3 is 2.70 bits per heavy atom. The largest absolute Gasteiger partial charge is 0.493 e. The molecule has 0 spiro atoms. The summed E-state index contributed by atoms with van der Waals surface area (Å²) in [6.07, 6.45) is 0.224. The van der Waals surface area contributed by atoms with Crippen molar-refractivity contribution in [1.29, 1.82) is 0 Å². The second-order valence-electron chi connectivity index (χ2n) is 4.64. The van der Waals surface area contributed by atoms with Gasteiger partial charge in [0.2, 0.25) is 11.7 Å². The van der Waals surface area contributed by atoms with Crippen molar-refractivity contribution in [3.05, 3.63) is 30.2 Å². The van der Waals surface area contributed by atoms with Crippen molar-refractivity contribution in [2.45, 2.75) is 39.2 Å². The molecule has 0 saturated carbocycles. The average molecular weight is 276 g/mol. The first-order chi connectivity index (χ1) is 9.67. The zero-order valence-corrected chi connectivity index (χ0v) is 12.0. The van der Waals surface area contributed by atoms with Gasteiger partial charge in [-0.2, -0.15) is 4.98 Å². The summed E-state index contributed by atoms with van der Waals surface area (Å²) in [7, 11) is 0. The van der Waals surface area contributed by atoms with Gasteiger partial charge in [-0.3, -0.25) is 0 Å². The highest BCUT2D eigenvalue weighted by Crippen LogP contribution is 2.30. The number of nitrogens with zero attached hydrogens (tertiary/aromatic N) is 2. The van der Waals surface area contributed by atoms with E-state index in [1.54, 1.807) is 6.92 Å². The number of ether oxygens (including phenoxy) is 1. The van der Waals surface area contributed by atoms with Gasteiger partial charge >= 0.3 is 0 Å². The molecular weight excluding hydrogens is 256 g/mol. The van der Waals surface area contributed by atoms with Crippen LogP contribution in [-0.2, 0) is 0 Å². The maximum atomic E-state index is 9.73. The van der Waals surface area contributed by atoms with Crippen LogP contribution in [0.15, 0.2) is 28.8 Å². The number of hydrogen-bond acceptors (Lipinski definition) is 5. The van der Waals surface area contributed by atoms with Crippen LogP contribution >= 0.6 is 0 Å². The summed E-state index contributed by atoms with van der Waals surface area (Å²) in [5.74, 6) is 1.54. The van der Waals surface area contributed by atoms with Gasteiger partial charge in [0.15, 0.2) is 0 Å². The lowest BCUT2D eigenvalue weighted by atomic mass is 10.0. The minimum atomic E-state index is -0.518. The standard InChI is InChI=1S/C15H20N2O3/c1-4-11(10(3)18)15-16-14(17-20-15)12-8-6-7-9-13(12)19-5-2/h6-11,18H,4-5H2,1-3H3. The Bertz CT molecular complexity index is 552. The quantitative estimate of drug-likeness (QED) is 0.878. The van der Waals surface area contributed by atoms with Crippen molar-refractivity contribution >= 4 is 0 Å². The number of benzene rings is 1. The van der Waals surface area contributed by atoms with Gasteiger partial charge in [0.25, 0.3) is 0 Å². The number of rotatable bonds is 6. The van der Waals surface area contributed by atoms with Crippen LogP contribution in [0.4, 0.5) is 0 Å². The number of aliphatic hydroxyl groups excluding tert-OH is 1. The average Bonchev–Trinajstić information content (AvgIpc) is 2.89. The molecular formula is C15H20N2O3. The SMILES string of the molecule is CCOc1ccccc1-c1noc(C(CC)C(C)O)n1. The first-order valence-corrected chi connectivity index (χ1v) is 6.91. The maximum absolute atomic E-state index is 9.73. The van der Waals surface area contributed by atoms with Crippen LogP contribution in [-0.4, -0.2) is 28.0 Å². The normalized spacial score (nSPS) is 14.0. The Hall–Kier alpha value is -1.88. The summed E-state index contributed by atoms with van der Waals surface area (Å²) in [4.78, 5) is 4.40. The summed E-state index contributed by atoms with van der Waals surface area (Å²) in [5.41, 5.74) is 0.796. The van der Waals surface area contributed by atoms with Crippen molar-refractivity contribution in [3.8, 4) is 17.1 Å². The van der Waals surface area contributed by atoms with Crippen molar-refractivity contribution in [3.63, 3.8) is 0 Å². The molecule has 0 aliphatic carbocycles. The lowest BCUT2D eigenvalue weighted by Crippen LogP contribution is -2.14. The predicted molar refractivity (Wildman–Crippen MR) is 75.6 cm³/mol. The van der Waals surface area contributed by atoms with E-state index < -0.39 is 6.10 Å². The van der Waals surface area contributed by atoms with Gasteiger partial charge < -0.3 is 14.4 Å². The van der Waals surface area contributed by atoms with Gasteiger partial charge in [0.1, 0.15) is 5.75 Å². The third-order valence-corrected chi connectivity index (χ3v) is 3.21. The van der Waals surface area contributed by atoms with Crippen LogP contribution in [0.3, 0.4) is 0 Å². The second kappa shape index (κ2) is 6.52. The highest BCUT2D eigenvalue weighted by molar-refractivity contribution is 5.63. The number of aromatic nitrogens is 2. The van der Waals surface area contributed by atoms with E-state index in [2.05, 4.69) is 10.1 Å². The summed E-state index contributed by atoms with van der Waals surface area (Å²) in [6.45, 7) is 6.22. The molecule has 0 bridgehead atoms. The van der Waals surface area contributed by atoms with Crippen LogP contribution in [0.25, 0.3) is 11.4 Å². The van der Waals surface area contributed by atoms with Gasteiger partial charge in [-0.05, 0) is 32.4 Å². The molecule has 0 fully saturated rings. The molecule has 1 N–H and O–H groups in total. The van der Waals surface area contributed by atoms with Crippen molar-refractivity contribution in [1.82, 2.24) is 10.1 Å². The van der Waals surface area contributed by atoms with E-state index in [-0.39, 0.29) is 5.92 Å². The number of hydrogen-bond donors (Lipinski definition) is 1. The van der Waals surface area contributed by atoms with E-state index in [1.165, 1.54) is 0 Å². The van der Waals surface area contributed by atoms with Gasteiger partial charge in [-0.1, -0.05) is 24.2 Å². The van der Waals surface area contributed by atoms with E-state index in [0.717, 1.165) is 17.7 Å². The van der Waals surface area contributed by atoms with Crippen molar-refractivity contribution in [2.24, 2.45) is 0 Å². The van der Waals surface area contributed by atoms with E-state index in [4.69, 9.17) is 9.26 Å². The molecule has 0 aliphatic rings. The lowest BCUT2D eigenvalue weighted by molar-refractivity contribution is 0.141. The fourth-order valence-electron chi connectivity index (χ4n) is 2.15. The number of para-hydroxylation sites is 1. The first-order valence-electron chi connectivity index (χ1n) is 6.91. The minimum absolute atomic E-state index is 0.143. The molecule has 2 unspecified atom stereocenters. The lowest BCUT2D eigenvalue weighted by Gasteiger charge is -2.12. The van der Waals surface area contributed by atoms with Crippen molar-refractivity contribution < 1.29 is 14.4 Å². The molecule has 1 aromatic carbocycles. The third kappa shape index (κ3) is 2.99. The van der Waals surface area contributed by atoms with Gasteiger partial charge in [0, 0.05) is 0 Å². The smallest absolute Gasteiger partial charge is 0.232 e. The fraction of sp³-hybridized carbons (Fsp3) is 0.467. The van der Waals surface area contributed by atoms with Gasteiger partial charge in [-0.15, -0.1) is 0 Å². The van der Waals surface area contributed by atoms with Crippen LogP contribution in [0, 0.1) is 0 Å². The fourth-order valence-corrected chi connectivity index (χ4v) is 2.15. The second-order valence-corrected chi connectivity index (χ2v) is 4.64. The summed E-state index contributed by atoms with van der Waals surface area (Å²) in [6, 6.07) is 7.57. The van der Waals surface area contributed by atoms with Gasteiger partial charge in [-0.25, -0.2) is 0 Å².